The number of methoxy groups -OCH3 is 2. The van der Waals surface area contributed by atoms with Crippen molar-refractivity contribution in [2.24, 2.45) is 0 Å². The van der Waals surface area contributed by atoms with Crippen molar-refractivity contribution in [1.82, 2.24) is 0 Å². The van der Waals surface area contributed by atoms with Gasteiger partial charge in [-0.2, -0.15) is 0 Å². The molecule has 3 aromatic rings. The summed E-state index contributed by atoms with van der Waals surface area (Å²) in [7, 11) is 4.04. The molecule has 0 aliphatic carbocycles. The third kappa shape index (κ3) is 10.3. The number of rotatable bonds is 4. The Labute approximate surface area is 223 Å². The normalized spacial score (nSPS) is 10.1. The first-order valence-electron chi connectivity index (χ1n) is 9.31. The van der Waals surface area contributed by atoms with E-state index in [0.717, 1.165) is 33.2 Å². The number of para-hydroxylation sites is 1. The molecule has 0 bridgehead atoms. The Bertz CT molecular complexity index is 1280. The molecule has 0 saturated heterocycles. The van der Waals surface area contributed by atoms with Crippen LogP contribution in [-0.2, 0) is 13.8 Å². The number of ether oxygens (including phenoxy) is 2. The minimum atomic E-state index is -3.82. The molecule has 0 radical (unpaired) electrons. The first kappa shape index (κ1) is 30.5. The predicted octanol–water partition coefficient (Wildman–Crippen LogP) is 7.80. The van der Waals surface area contributed by atoms with E-state index in [2.05, 4.69) is 41.4 Å². The number of hydrogen-bond acceptors (Lipinski definition) is 5. The molecule has 3 aromatic carbocycles. The molecule has 35 heavy (non-hydrogen) atoms. The lowest BCUT2D eigenvalue weighted by Gasteiger charge is -2.04. The average molecular weight is 654 g/mol. The number of halogens is 5. The maximum Gasteiger partial charge on any atom is 0.337 e. The predicted molar refractivity (Wildman–Crippen MR) is 137 cm³/mol. The lowest BCUT2D eigenvalue weighted by molar-refractivity contribution is 0.0600. The van der Waals surface area contributed by atoms with E-state index in [1.54, 1.807) is 31.4 Å². The van der Waals surface area contributed by atoms with Gasteiger partial charge in [-0.05, 0) is 46.3 Å². The third-order valence-electron chi connectivity index (χ3n) is 3.96. The number of esters is 1. The van der Waals surface area contributed by atoms with Crippen molar-refractivity contribution in [1.29, 1.82) is 0 Å². The molecule has 0 fully saturated rings. The number of carbonyl (C=O) groups is 1. The van der Waals surface area contributed by atoms with Gasteiger partial charge in [-0.15, -0.1) is 0 Å². The molecular formula is C23H18Br2ClF2NO5S. The molecule has 0 unspecified atom stereocenters. The highest BCUT2D eigenvalue weighted by molar-refractivity contribution is 9.11. The van der Waals surface area contributed by atoms with Crippen LogP contribution in [0.2, 0.25) is 0 Å². The molecule has 0 atom stereocenters. The standard InChI is InChI=1S/C9H9BrO3.C7H4BrN.C7H5ClF2O2S/c1-12-8-5-6(9(11)13-2)3-4-7(8)10;1-9-7-5-3-2-4-6(7)8;8-13(11,12)6-3-1-5(2-4-6)7(9)10/h3-5H,1-2H3;2-5H;1-4,7H. The van der Waals surface area contributed by atoms with Crippen molar-refractivity contribution >= 4 is 63.2 Å². The van der Waals surface area contributed by atoms with E-state index in [1.165, 1.54) is 7.11 Å². The van der Waals surface area contributed by atoms with Crippen LogP contribution in [0.1, 0.15) is 22.3 Å². The highest BCUT2D eigenvalue weighted by atomic mass is 79.9. The molecule has 0 spiro atoms. The third-order valence-corrected chi connectivity index (χ3v) is 6.65. The molecule has 0 aliphatic heterocycles. The van der Waals surface area contributed by atoms with Gasteiger partial charge in [0.1, 0.15) is 5.75 Å². The lowest BCUT2D eigenvalue weighted by atomic mass is 10.2. The summed E-state index contributed by atoms with van der Waals surface area (Å²) in [6.45, 7) is 6.68. The van der Waals surface area contributed by atoms with Gasteiger partial charge in [-0.1, -0.05) is 52.3 Å². The summed E-state index contributed by atoms with van der Waals surface area (Å²) in [6, 6.07) is 16.5. The van der Waals surface area contributed by atoms with Crippen LogP contribution in [0.3, 0.4) is 0 Å². The number of carbonyl (C=O) groups excluding carboxylic acids is 1. The van der Waals surface area contributed by atoms with Gasteiger partial charge in [-0.3, -0.25) is 0 Å². The SMILES string of the molecule is COC(=O)c1ccc(Br)c(OC)c1.O=S(=O)(Cl)c1ccc(C(F)F)cc1.[C-]#[N+]c1ccccc1Br. The number of alkyl halides is 2. The summed E-state index contributed by atoms with van der Waals surface area (Å²) >= 11 is 6.53. The van der Waals surface area contributed by atoms with Gasteiger partial charge in [0.15, 0.2) is 0 Å². The van der Waals surface area contributed by atoms with Crippen LogP contribution in [-0.4, -0.2) is 28.6 Å². The maximum atomic E-state index is 12.0. The van der Waals surface area contributed by atoms with Crippen LogP contribution in [0.25, 0.3) is 4.85 Å². The van der Waals surface area contributed by atoms with E-state index in [0.29, 0.717) is 17.0 Å². The van der Waals surface area contributed by atoms with Gasteiger partial charge in [0.05, 0.1) is 35.7 Å². The minimum Gasteiger partial charge on any atom is -0.496 e. The Hall–Kier alpha value is -2.52. The summed E-state index contributed by atoms with van der Waals surface area (Å²) in [5.74, 6) is 0.244. The second-order valence-electron chi connectivity index (χ2n) is 6.21. The van der Waals surface area contributed by atoms with E-state index in [-0.39, 0.29) is 16.4 Å². The van der Waals surface area contributed by atoms with Crippen molar-refractivity contribution in [3.63, 3.8) is 0 Å². The van der Waals surface area contributed by atoms with Crippen LogP contribution in [0, 0.1) is 6.57 Å². The van der Waals surface area contributed by atoms with Crippen molar-refractivity contribution in [3.05, 3.63) is 98.2 Å². The van der Waals surface area contributed by atoms with Crippen molar-refractivity contribution < 1.29 is 31.5 Å². The van der Waals surface area contributed by atoms with Crippen molar-refractivity contribution in [2.75, 3.05) is 14.2 Å². The monoisotopic (exact) mass is 651 g/mol. The van der Waals surface area contributed by atoms with Crippen molar-refractivity contribution in [3.8, 4) is 5.75 Å². The smallest absolute Gasteiger partial charge is 0.337 e. The van der Waals surface area contributed by atoms with Gasteiger partial charge in [0, 0.05) is 20.7 Å². The fourth-order valence-electron chi connectivity index (χ4n) is 2.22. The molecule has 3 rings (SSSR count). The Balaban J connectivity index is 0.000000267. The molecule has 186 valence electrons. The zero-order valence-electron chi connectivity index (χ0n) is 18.2. The van der Waals surface area contributed by atoms with Gasteiger partial charge in [-0.25, -0.2) is 26.8 Å². The largest absolute Gasteiger partial charge is 0.496 e. The maximum absolute atomic E-state index is 12.0. The van der Waals surface area contributed by atoms with Crippen LogP contribution >= 0.6 is 42.5 Å². The van der Waals surface area contributed by atoms with Crippen molar-refractivity contribution in [2.45, 2.75) is 11.3 Å². The van der Waals surface area contributed by atoms with E-state index >= 15 is 0 Å². The molecule has 0 heterocycles. The molecule has 6 nitrogen and oxygen atoms in total. The van der Waals surface area contributed by atoms with Gasteiger partial charge in [0.2, 0.25) is 5.69 Å². The van der Waals surface area contributed by atoms with E-state index < -0.39 is 15.5 Å². The van der Waals surface area contributed by atoms with Crippen LogP contribution in [0.4, 0.5) is 14.5 Å². The molecule has 0 saturated carbocycles. The number of nitrogens with zero attached hydrogens (tertiary/aromatic N) is 1. The van der Waals surface area contributed by atoms with E-state index in [4.69, 9.17) is 22.0 Å². The molecule has 0 amide bonds. The Morgan fingerprint density at radius 1 is 1.00 bits per heavy atom. The zero-order chi connectivity index (χ0) is 26.6. The lowest BCUT2D eigenvalue weighted by Crippen LogP contribution is -2.01. The highest BCUT2D eigenvalue weighted by Gasteiger charge is 2.12. The first-order chi connectivity index (χ1) is 16.4. The second-order valence-corrected chi connectivity index (χ2v) is 10.5. The Morgan fingerprint density at radius 3 is 2.03 bits per heavy atom. The molecule has 0 aliphatic rings. The van der Waals surface area contributed by atoms with E-state index in [9.17, 15) is 22.0 Å². The van der Waals surface area contributed by atoms with Crippen LogP contribution in [0.5, 0.6) is 5.75 Å². The first-order valence-corrected chi connectivity index (χ1v) is 13.2. The quantitative estimate of drug-likeness (QED) is 0.163. The summed E-state index contributed by atoms with van der Waals surface area (Å²) in [5.41, 5.74) is 0.907. The fourth-order valence-corrected chi connectivity index (χ4v) is 3.77. The average Bonchev–Trinajstić information content (AvgIpc) is 2.84. The summed E-state index contributed by atoms with van der Waals surface area (Å²) in [4.78, 5) is 14.2. The molecular weight excluding hydrogens is 636 g/mol. The number of benzene rings is 3. The summed E-state index contributed by atoms with van der Waals surface area (Å²) < 4.78 is 56.7. The highest BCUT2D eigenvalue weighted by Crippen LogP contribution is 2.26. The van der Waals surface area contributed by atoms with Gasteiger partial charge >= 0.3 is 5.97 Å². The zero-order valence-corrected chi connectivity index (χ0v) is 23.0. The minimum absolute atomic E-state index is 0.182. The molecule has 12 heteroatoms. The molecule has 0 aromatic heterocycles. The summed E-state index contributed by atoms with van der Waals surface area (Å²) in [6.07, 6.45) is -2.60. The van der Waals surface area contributed by atoms with Crippen LogP contribution < -0.4 is 4.74 Å². The summed E-state index contributed by atoms with van der Waals surface area (Å²) in [5, 5.41) is 0. The Kier molecular flexibility index (Phi) is 12.9. The van der Waals surface area contributed by atoms with Crippen LogP contribution in [0.15, 0.2) is 80.6 Å². The second kappa shape index (κ2) is 14.8. The van der Waals surface area contributed by atoms with Gasteiger partial charge in [0.25, 0.3) is 15.5 Å². The van der Waals surface area contributed by atoms with E-state index in [1.807, 2.05) is 18.2 Å². The Morgan fingerprint density at radius 2 is 1.60 bits per heavy atom. The van der Waals surface area contributed by atoms with Gasteiger partial charge < -0.3 is 9.47 Å². The number of hydrogen-bond donors (Lipinski definition) is 0. The molecule has 0 N–H and O–H groups in total. The fraction of sp³-hybridized carbons (Fsp3) is 0.130. The topological polar surface area (TPSA) is 74.0 Å².